The molecule has 12 nitrogen and oxygen atoms in total. The molecule has 14 heteroatoms. The van der Waals surface area contributed by atoms with Crippen molar-refractivity contribution in [3.8, 4) is 11.5 Å². The van der Waals surface area contributed by atoms with E-state index in [2.05, 4.69) is 9.62 Å². The highest BCUT2D eigenvalue weighted by Gasteiger charge is 2.46. The molecule has 1 spiro atoms. The lowest BCUT2D eigenvalue weighted by Gasteiger charge is -2.45. The first kappa shape index (κ1) is 36.3. The lowest BCUT2D eigenvalue weighted by molar-refractivity contribution is -0.139. The summed E-state index contributed by atoms with van der Waals surface area (Å²) in [6.45, 7) is 6.14. The minimum absolute atomic E-state index is 0.00191. The Morgan fingerprint density at radius 3 is 2.62 bits per heavy atom. The molecule has 2 aromatic rings. The van der Waals surface area contributed by atoms with Gasteiger partial charge in [0, 0.05) is 49.7 Å². The third kappa shape index (κ3) is 7.56. The van der Waals surface area contributed by atoms with Gasteiger partial charge in [-0.1, -0.05) is 23.7 Å². The minimum atomic E-state index is -4.26. The van der Waals surface area contributed by atoms with Gasteiger partial charge in [0.05, 0.1) is 35.8 Å². The van der Waals surface area contributed by atoms with E-state index in [1.54, 1.807) is 30.2 Å². The van der Waals surface area contributed by atoms with Gasteiger partial charge in [0.2, 0.25) is 0 Å². The maximum Gasteiger partial charge on any atom is 0.410 e. The number of fused-ring (bicyclic) bond motifs is 4. The van der Waals surface area contributed by atoms with E-state index < -0.39 is 39.1 Å². The van der Waals surface area contributed by atoms with Crippen LogP contribution in [0.2, 0.25) is 5.02 Å². The second-order valence-electron chi connectivity index (χ2n) is 14.6. The van der Waals surface area contributed by atoms with Crippen molar-refractivity contribution < 1.29 is 37.0 Å². The molecule has 0 aromatic heterocycles. The largest absolute Gasteiger partial charge is 0.493 e. The van der Waals surface area contributed by atoms with Crippen molar-refractivity contribution in [2.75, 3.05) is 72.0 Å². The third-order valence-corrected chi connectivity index (χ3v) is 11.9. The summed E-state index contributed by atoms with van der Waals surface area (Å²) in [6, 6.07) is 10.4. The number of anilines is 1. The molecule has 0 radical (unpaired) electrons. The summed E-state index contributed by atoms with van der Waals surface area (Å²) < 4.78 is 54.0. The fourth-order valence-corrected chi connectivity index (χ4v) is 8.32. The second kappa shape index (κ2) is 14.2. The van der Waals surface area contributed by atoms with Crippen molar-refractivity contribution in [2.24, 2.45) is 11.8 Å². The van der Waals surface area contributed by atoms with Crippen LogP contribution >= 0.6 is 11.6 Å². The van der Waals surface area contributed by atoms with Gasteiger partial charge in [0.1, 0.15) is 23.2 Å². The normalized spacial score (nSPS) is 27.7. The Kier molecular flexibility index (Phi) is 10.3. The molecule has 1 aliphatic carbocycles. The molecule has 2 bridgehead atoms. The summed E-state index contributed by atoms with van der Waals surface area (Å²) in [6.07, 6.45) is 5.04. The van der Waals surface area contributed by atoms with Gasteiger partial charge >= 0.3 is 6.09 Å². The van der Waals surface area contributed by atoms with Gasteiger partial charge in [-0.05, 0) is 89.5 Å². The summed E-state index contributed by atoms with van der Waals surface area (Å²) in [4.78, 5) is 32.3. The van der Waals surface area contributed by atoms with Gasteiger partial charge in [-0.15, -0.1) is 0 Å². The number of carbonyl (C=O) groups is 2. The summed E-state index contributed by atoms with van der Waals surface area (Å²) in [5.41, 5.74) is -0.359. The number of carbonyl (C=O) groups excluding carboxylic acids is 2. The molecular weight excluding hydrogens is 684 g/mol. The summed E-state index contributed by atoms with van der Waals surface area (Å²) in [5, 5.41) is 0.576. The Balaban J connectivity index is 1.39. The summed E-state index contributed by atoms with van der Waals surface area (Å²) in [5.74, 6) is 0.558. The first-order valence-corrected chi connectivity index (χ1v) is 18.9. The molecular formula is C36H47ClN4O8S. The molecule has 272 valence electrons. The Hall–Kier alpha value is -3.52. The first-order chi connectivity index (χ1) is 23.7. The molecule has 2 aromatic carbocycles. The van der Waals surface area contributed by atoms with Crippen LogP contribution in [-0.2, 0) is 29.7 Å². The van der Waals surface area contributed by atoms with E-state index in [4.69, 9.17) is 30.5 Å². The van der Waals surface area contributed by atoms with Crippen LogP contribution in [0.15, 0.2) is 53.4 Å². The highest BCUT2D eigenvalue weighted by Crippen LogP contribution is 2.47. The third-order valence-electron chi connectivity index (χ3n) is 10.4. The number of ether oxygens (including phenoxy) is 4. The maximum absolute atomic E-state index is 13.6. The number of amides is 2. The molecule has 50 heavy (non-hydrogen) atoms. The van der Waals surface area contributed by atoms with Crippen molar-refractivity contribution >= 4 is 39.3 Å². The Morgan fingerprint density at radius 2 is 1.88 bits per heavy atom. The standard InChI is InChI=1S/C36H47ClN4O8S/c1-35(2)33(42)38-50(44,45)26-10-13-31-29(20-26)41(22-36(23-47-31)14-18-46-32-19-25(37)9-12-28(32)36)21-24-8-11-27(24)30(7-6-17-48-35)49-34(43)40(5)16-15-39(3)4/h6-7,9-10,12-13,19-20,24,27,30H,8,11,14-18,21-23H2,1-5H3,(H,38,42)/b7-6+/t24-,27+,30-,36-/m0/s1. The smallest absolute Gasteiger partial charge is 0.410 e. The number of nitrogens with zero attached hydrogens (tertiary/aromatic N) is 3. The van der Waals surface area contributed by atoms with Crippen LogP contribution in [-0.4, -0.2) is 109 Å². The van der Waals surface area contributed by atoms with Crippen LogP contribution < -0.4 is 19.1 Å². The Morgan fingerprint density at radius 1 is 1.08 bits per heavy atom. The minimum Gasteiger partial charge on any atom is -0.493 e. The zero-order valence-corrected chi connectivity index (χ0v) is 30.9. The molecule has 6 rings (SSSR count). The molecule has 3 aliphatic heterocycles. The van der Waals surface area contributed by atoms with Crippen molar-refractivity contribution in [1.29, 1.82) is 0 Å². The number of benzene rings is 2. The average molecular weight is 731 g/mol. The number of hydrogen-bond acceptors (Lipinski definition) is 10. The topological polar surface area (TPSA) is 127 Å². The van der Waals surface area contributed by atoms with E-state index in [0.29, 0.717) is 68.0 Å². The molecule has 4 aliphatic rings. The zero-order chi connectivity index (χ0) is 35.8. The molecule has 2 amide bonds. The lowest BCUT2D eigenvalue weighted by atomic mass is 9.69. The molecule has 3 heterocycles. The zero-order valence-electron chi connectivity index (χ0n) is 29.3. The van der Waals surface area contributed by atoms with E-state index in [0.717, 1.165) is 18.4 Å². The summed E-state index contributed by atoms with van der Waals surface area (Å²) >= 11 is 6.36. The number of halogens is 1. The first-order valence-electron chi connectivity index (χ1n) is 17.1. The number of rotatable bonds is 4. The van der Waals surface area contributed by atoms with Crippen LogP contribution in [0.1, 0.15) is 38.7 Å². The molecule has 1 N–H and O–H groups in total. The van der Waals surface area contributed by atoms with Crippen LogP contribution in [0.4, 0.5) is 10.5 Å². The van der Waals surface area contributed by atoms with E-state index in [-0.39, 0.29) is 23.3 Å². The van der Waals surface area contributed by atoms with Crippen molar-refractivity contribution in [2.45, 2.75) is 55.1 Å². The second-order valence-corrected chi connectivity index (χ2v) is 16.7. The number of nitrogens with one attached hydrogen (secondary N) is 1. The van der Waals surface area contributed by atoms with Crippen LogP contribution in [0, 0.1) is 11.8 Å². The maximum atomic E-state index is 13.6. The SMILES string of the molecule is CN(C)CCN(C)C(=O)O[C@H]1/C=C/COC(C)(C)C(=O)NS(=O)(=O)c2ccc3c(c2)N(C[C@@H]2CC[C@H]21)C[C@@]1(CCOc2cc(Cl)ccc21)CO3. The van der Waals surface area contributed by atoms with Crippen molar-refractivity contribution in [3.63, 3.8) is 0 Å². The van der Waals surface area contributed by atoms with Gasteiger partial charge in [-0.25, -0.2) is 17.9 Å². The summed E-state index contributed by atoms with van der Waals surface area (Å²) in [7, 11) is 1.37. The lowest BCUT2D eigenvalue weighted by Crippen LogP contribution is -2.50. The van der Waals surface area contributed by atoms with Crippen molar-refractivity contribution in [1.82, 2.24) is 14.5 Å². The van der Waals surface area contributed by atoms with E-state index >= 15 is 0 Å². The quantitative estimate of drug-likeness (QED) is 0.451. The highest BCUT2D eigenvalue weighted by atomic mass is 35.5. The van der Waals surface area contributed by atoms with E-state index in [9.17, 15) is 18.0 Å². The molecule has 4 atom stereocenters. The van der Waals surface area contributed by atoms with Crippen LogP contribution in [0.25, 0.3) is 0 Å². The van der Waals surface area contributed by atoms with Gasteiger partial charge in [-0.2, -0.15) is 0 Å². The van der Waals surface area contributed by atoms with Crippen molar-refractivity contribution in [3.05, 3.63) is 59.1 Å². The van der Waals surface area contributed by atoms with E-state index in [1.807, 2.05) is 43.3 Å². The molecule has 0 saturated heterocycles. The van der Waals surface area contributed by atoms with Gasteiger partial charge in [0.15, 0.2) is 0 Å². The van der Waals surface area contributed by atoms with Crippen LogP contribution in [0.5, 0.6) is 11.5 Å². The monoisotopic (exact) mass is 730 g/mol. The molecule has 1 saturated carbocycles. The predicted octanol–water partition coefficient (Wildman–Crippen LogP) is 4.45. The van der Waals surface area contributed by atoms with Gasteiger partial charge in [-0.3, -0.25) is 4.79 Å². The Bertz CT molecular complexity index is 1750. The molecule has 0 unspecified atom stereocenters. The van der Waals surface area contributed by atoms with E-state index in [1.165, 1.54) is 19.9 Å². The number of likely N-dealkylation sites (N-methyl/N-ethyl adjacent to an activating group) is 2. The van der Waals surface area contributed by atoms with Crippen LogP contribution in [0.3, 0.4) is 0 Å². The van der Waals surface area contributed by atoms with Gasteiger partial charge in [0.25, 0.3) is 15.9 Å². The fourth-order valence-electron chi connectivity index (χ4n) is 7.04. The highest BCUT2D eigenvalue weighted by molar-refractivity contribution is 7.90. The average Bonchev–Trinajstić information content (AvgIpc) is 3.19. The predicted molar refractivity (Wildman–Crippen MR) is 190 cm³/mol. The molecule has 1 fully saturated rings. The Labute approximate surface area is 299 Å². The van der Waals surface area contributed by atoms with Gasteiger partial charge < -0.3 is 33.6 Å². The fraction of sp³-hybridized carbons (Fsp3) is 0.556. The number of hydrogen-bond donors (Lipinski definition) is 1. The number of sulfonamides is 1.